The molecule has 8 nitrogen and oxygen atoms in total. The van der Waals surface area contributed by atoms with Crippen LogP contribution in [0.15, 0.2) is 48.5 Å². The predicted molar refractivity (Wildman–Crippen MR) is 117 cm³/mol. The Morgan fingerprint density at radius 3 is 2.61 bits per heavy atom. The molecule has 0 bridgehead atoms. The fourth-order valence-corrected chi connectivity index (χ4v) is 3.27. The maximum Gasteiger partial charge on any atom is 0.263 e. The highest BCUT2D eigenvalue weighted by atomic mass is 16.5. The molecule has 0 spiro atoms. The topological polar surface area (TPSA) is 94.9 Å². The summed E-state index contributed by atoms with van der Waals surface area (Å²) in [6.45, 7) is 4.63. The normalized spacial score (nSPS) is 14.3. The van der Waals surface area contributed by atoms with Gasteiger partial charge in [0.1, 0.15) is 5.75 Å². The van der Waals surface area contributed by atoms with E-state index >= 15 is 0 Å². The summed E-state index contributed by atoms with van der Waals surface area (Å²) in [5, 5.41) is 11.8. The molecular weight excluding hydrogens is 396 g/mol. The number of nitrogens with one attached hydrogen (secondary N) is 1. The summed E-state index contributed by atoms with van der Waals surface area (Å²) in [5.74, 6) is -0.202. The van der Waals surface area contributed by atoms with Crippen molar-refractivity contribution < 1.29 is 19.1 Å². The second kappa shape index (κ2) is 10.5. The highest BCUT2D eigenvalue weighted by molar-refractivity contribution is 5.95. The molecule has 1 heterocycles. The lowest BCUT2D eigenvalue weighted by molar-refractivity contribution is -0.139. The van der Waals surface area contributed by atoms with E-state index in [9.17, 15) is 9.59 Å². The molecule has 1 N–H and O–H groups in total. The van der Waals surface area contributed by atoms with Crippen molar-refractivity contribution in [2.24, 2.45) is 0 Å². The standard InChI is InChI=1S/C23H26N4O4/c1-17(31-21-5-3-4-18(14-21)15-24)23(29)26(2)16-22(28)25-19-6-8-20(9-7-19)27-10-12-30-13-11-27/h3-9,14,17H,10-13,16H2,1-2H3,(H,25,28). The number of carbonyl (C=O) groups is 2. The summed E-state index contributed by atoms with van der Waals surface area (Å²) in [4.78, 5) is 28.5. The molecule has 2 amide bonds. The quantitative estimate of drug-likeness (QED) is 0.736. The molecule has 1 aliphatic heterocycles. The minimum atomic E-state index is -0.792. The highest BCUT2D eigenvalue weighted by Crippen LogP contribution is 2.19. The maximum atomic E-state index is 12.5. The number of likely N-dealkylation sites (N-methyl/N-ethyl adjacent to an activating group) is 1. The molecule has 1 unspecified atom stereocenters. The number of hydrogen-bond acceptors (Lipinski definition) is 6. The average molecular weight is 422 g/mol. The second-order valence-electron chi connectivity index (χ2n) is 7.29. The summed E-state index contributed by atoms with van der Waals surface area (Å²) in [6.07, 6.45) is -0.792. The van der Waals surface area contributed by atoms with Crippen molar-refractivity contribution in [2.45, 2.75) is 13.0 Å². The summed E-state index contributed by atoms with van der Waals surface area (Å²) >= 11 is 0. The number of carbonyl (C=O) groups excluding carboxylic acids is 2. The molecule has 0 aliphatic carbocycles. The first-order chi connectivity index (χ1) is 15.0. The van der Waals surface area contributed by atoms with Crippen LogP contribution in [0, 0.1) is 11.3 Å². The van der Waals surface area contributed by atoms with E-state index < -0.39 is 6.10 Å². The molecule has 3 rings (SSSR count). The first kappa shape index (κ1) is 22.1. The SMILES string of the molecule is CC(Oc1cccc(C#N)c1)C(=O)N(C)CC(=O)Nc1ccc(N2CCOCC2)cc1. The van der Waals surface area contributed by atoms with Crippen LogP contribution in [0.2, 0.25) is 0 Å². The van der Waals surface area contributed by atoms with Gasteiger partial charge < -0.3 is 24.6 Å². The molecule has 2 aromatic carbocycles. The van der Waals surface area contributed by atoms with Gasteiger partial charge in [0, 0.05) is 31.5 Å². The Bertz CT molecular complexity index is 949. The molecule has 1 aliphatic rings. The van der Waals surface area contributed by atoms with E-state index in [0.717, 1.165) is 18.8 Å². The largest absolute Gasteiger partial charge is 0.481 e. The van der Waals surface area contributed by atoms with Gasteiger partial charge in [-0.05, 0) is 49.4 Å². The van der Waals surface area contributed by atoms with Crippen LogP contribution in [0.25, 0.3) is 0 Å². The van der Waals surface area contributed by atoms with Gasteiger partial charge in [-0.25, -0.2) is 0 Å². The lowest BCUT2D eigenvalue weighted by Gasteiger charge is -2.29. The number of nitrogens with zero attached hydrogens (tertiary/aromatic N) is 3. The molecule has 31 heavy (non-hydrogen) atoms. The number of anilines is 2. The Kier molecular flexibility index (Phi) is 7.46. The molecule has 0 aromatic heterocycles. The molecule has 1 saturated heterocycles. The van der Waals surface area contributed by atoms with Crippen LogP contribution in [0.1, 0.15) is 12.5 Å². The highest BCUT2D eigenvalue weighted by Gasteiger charge is 2.21. The number of morpholine rings is 1. The maximum absolute atomic E-state index is 12.5. The van der Waals surface area contributed by atoms with E-state index in [2.05, 4.69) is 10.2 Å². The molecule has 0 saturated carbocycles. The average Bonchev–Trinajstić information content (AvgIpc) is 2.79. The van der Waals surface area contributed by atoms with Crippen LogP contribution < -0.4 is 15.0 Å². The fourth-order valence-electron chi connectivity index (χ4n) is 3.27. The van der Waals surface area contributed by atoms with Crippen molar-refractivity contribution in [3.63, 3.8) is 0 Å². The fraction of sp³-hybridized carbons (Fsp3) is 0.348. The third-order valence-electron chi connectivity index (χ3n) is 4.91. The molecule has 1 atom stereocenters. The van der Waals surface area contributed by atoms with Crippen LogP contribution >= 0.6 is 0 Å². The van der Waals surface area contributed by atoms with E-state index in [-0.39, 0.29) is 18.4 Å². The van der Waals surface area contributed by atoms with Crippen LogP contribution in [-0.2, 0) is 14.3 Å². The van der Waals surface area contributed by atoms with E-state index in [4.69, 9.17) is 14.7 Å². The molecule has 162 valence electrons. The lowest BCUT2D eigenvalue weighted by atomic mass is 10.2. The number of ether oxygens (including phenoxy) is 2. The van der Waals surface area contributed by atoms with E-state index in [1.807, 2.05) is 30.3 Å². The van der Waals surface area contributed by atoms with Gasteiger partial charge in [0.05, 0.1) is 31.4 Å². The van der Waals surface area contributed by atoms with Gasteiger partial charge in [-0.1, -0.05) is 6.07 Å². The first-order valence-corrected chi connectivity index (χ1v) is 10.1. The Balaban J connectivity index is 1.49. The summed E-state index contributed by atoms with van der Waals surface area (Å²) in [5.41, 5.74) is 2.20. The molecule has 2 aromatic rings. The van der Waals surface area contributed by atoms with Crippen molar-refractivity contribution in [3.8, 4) is 11.8 Å². The van der Waals surface area contributed by atoms with Crippen LogP contribution in [-0.4, -0.2) is 62.7 Å². The zero-order chi connectivity index (χ0) is 22.2. The number of nitriles is 1. The minimum Gasteiger partial charge on any atom is -0.481 e. The minimum absolute atomic E-state index is 0.101. The zero-order valence-corrected chi connectivity index (χ0v) is 17.7. The summed E-state index contributed by atoms with van der Waals surface area (Å²) in [7, 11) is 1.55. The Labute approximate surface area is 182 Å². The van der Waals surface area contributed by atoms with E-state index in [1.54, 1.807) is 38.2 Å². The van der Waals surface area contributed by atoms with Gasteiger partial charge >= 0.3 is 0 Å². The van der Waals surface area contributed by atoms with Gasteiger partial charge in [0.2, 0.25) is 5.91 Å². The lowest BCUT2D eigenvalue weighted by Crippen LogP contribution is -2.42. The van der Waals surface area contributed by atoms with Crippen molar-refractivity contribution >= 4 is 23.2 Å². The molecule has 0 radical (unpaired) electrons. The second-order valence-corrected chi connectivity index (χ2v) is 7.29. The van der Waals surface area contributed by atoms with Crippen LogP contribution in [0.5, 0.6) is 5.75 Å². The van der Waals surface area contributed by atoms with Crippen molar-refractivity contribution in [3.05, 3.63) is 54.1 Å². The van der Waals surface area contributed by atoms with Crippen LogP contribution in [0.4, 0.5) is 11.4 Å². The summed E-state index contributed by atoms with van der Waals surface area (Å²) in [6, 6.07) is 16.2. The summed E-state index contributed by atoms with van der Waals surface area (Å²) < 4.78 is 11.0. The zero-order valence-electron chi connectivity index (χ0n) is 17.7. The Morgan fingerprint density at radius 1 is 1.23 bits per heavy atom. The molecule has 8 heteroatoms. The van der Waals surface area contributed by atoms with E-state index in [0.29, 0.717) is 30.2 Å². The van der Waals surface area contributed by atoms with Crippen molar-refractivity contribution in [1.82, 2.24) is 4.90 Å². The third-order valence-corrected chi connectivity index (χ3v) is 4.91. The number of benzene rings is 2. The van der Waals surface area contributed by atoms with Gasteiger partial charge in [0.25, 0.3) is 5.91 Å². The monoisotopic (exact) mass is 422 g/mol. The van der Waals surface area contributed by atoms with Crippen molar-refractivity contribution in [2.75, 3.05) is 50.1 Å². The first-order valence-electron chi connectivity index (χ1n) is 10.1. The van der Waals surface area contributed by atoms with Gasteiger partial charge in [-0.15, -0.1) is 0 Å². The molecule has 1 fully saturated rings. The number of hydrogen-bond donors (Lipinski definition) is 1. The van der Waals surface area contributed by atoms with Gasteiger partial charge in [-0.3, -0.25) is 9.59 Å². The van der Waals surface area contributed by atoms with Crippen LogP contribution in [0.3, 0.4) is 0 Å². The Morgan fingerprint density at radius 2 is 1.94 bits per heavy atom. The number of rotatable bonds is 7. The van der Waals surface area contributed by atoms with E-state index in [1.165, 1.54) is 4.90 Å². The Hall–Kier alpha value is -3.57. The molecular formula is C23H26N4O4. The number of amides is 2. The predicted octanol–water partition coefficient (Wildman–Crippen LogP) is 2.26. The van der Waals surface area contributed by atoms with Gasteiger partial charge in [0.15, 0.2) is 6.10 Å². The third kappa shape index (κ3) is 6.20. The smallest absolute Gasteiger partial charge is 0.263 e. The van der Waals surface area contributed by atoms with Crippen molar-refractivity contribution in [1.29, 1.82) is 5.26 Å². The van der Waals surface area contributed by atoms with Gasteiger partial charge in [-0.2, -0.15) is 5.26 Å².